The largest absolute Gasteiger partial charge is 0.458 e. The van der Waals surface area contributed by atoms with E-state index < -0.39 is 0 Å². The van der Waals surface area contributed by atoms with Crippen molar-refractivity contribution in [3.63, 3.8) is 0 Å². The summed E-state index contributed by atoms with van der Waals surface area (Å²) < 4.78 is 5.73. The Kier molecular flexibility index (Phi) is 5.26. The predicted molar refractivity (Wildman–Crippen MR) is 124 cm³/mol. The van der Waals surface area contributed by atoms with Crippen molar-refractivity contribution in [3.05, 3.63) is 45.2 Å². The third kappa shape index (κ3) is 4.03. The molecule has 4 aromatic heterocycles. The molecule has 0 spiro atoms. The molecule has 1 aliphatic carbocycles. The predicted octanol–water partition coefficient (Wildman–Crippen LogP) is 4.79. The molecule has 0 radical (unpaired) electrons. The van der Waals surface area contributed by atoms with E-state index in [0.29, 0.717) is 39.7 Å². The molecule has 4 heterocycles. The van der Waals surface area contributed by atoms with Gasteiger partial charge in [-0.15, -0.1) is 22.7 Å². The van der Waals surface area contributed by atoms with Crippen molar-refractivity contribution in [2.45, 2.75) is 46.1 Å². The van der Waals surface area contributed by atoms with Crippen molar-refractivity contribution in [2.24, 2.45) is 0 Å². The minimum absolute atomic E-state index is 0.122. The number of carbonyl (C=O) groups is 2. The highest BCUT2D eigenvalue weighted by Crippen LogP contribution is 2.40. The van der Waals surface area contributed by atoms with E-state index >= 15 is 0 Å². The molecule has 164 valence electrons. The minimum Gasteiger partial charge on any atom is -0.458 e. The zero-order chi connectivity index (χ0) is 22.4. The van der Waals surface area contributed by atoms with Gasteiger partial charge in [0.05, 0.1) is 17.1 Å². The van der Waals surface area contributed by atoms with Crippen LogP contribution in [0.5, 0.6) is 0 Å². The normalized spacial score (nSPS) is 13.5. The fraction of sp³-hybridized carbons (Fsp3) is 0.318. The molecule has 8 nitrogen and oxygen atoms in total. The highest BCUT2D eigenvalue weighted by molar-refractivity contribution is 7.21. The van der Waals surface area contributed by atoms with Crippen LogP contribution in [-0.2, 0) is 11.3 Å². The van der Waals surface area contributed by atoms with Gasteiger partial charge in [0.15, 0.2) is 10.9 Å². The maximum absolute atomic E-state index is 13.0. The van der Waals surface area contributed by atoms with Gasteiger partial charge in [-0.2, -0.15) is 0 Å². The summed E-state index contributed by atoms with van der Waals surface area (Å²) in [6.45, 7) is 5.69. The van der Waals surface area contributed by atoms with Gasteiger partial charge in [-0.05, 0) is 44.4 Å². The number of rotatable bonds is 6. The molecule has 1 aliphatic rings. The SMILES string of the molecule is CC(=O)NCc1ccc(-c2csc(NC(=O)c3sc4nc(C5CC5)nc(C)c4c3C)n2)o1. The number of amides is 2. The second-order valence-corrected chi connectivity index (χ2v) is 9.70. The standard InChI is InChI=1S/C22H21N5O3S2/c1-10-17-11(2)24-19(13-4-5-13)26-21(17)32-18(10)20(29)27-22-25-15(9-31-22)16-7-6-14(30-16)8-23-12(3)28/h6-7,9,13H,4-5,8H2,1-3H3,(H,23,28)(H,25,27,29). The van der Waals surface area contributed by atoms with Crippen LogP contribution in [0.4, 0.5) is 5.13 Å². The Morgan fingerprint density at radius 3 is 2.75 bits per heavy atom. The second-order valence-electron chi connectivity index (χ2n) is 7.85. The van der Waals surface area contributed by atoms with E-state index in [9.17, 15) is 9.59 Å². The summed E-state index contributed by atoms with van der Waals surface area (Å²) in [4.78, 5) is 39.4. The lowest BCUT2D eigenvalue weighted by Gasteiger charge is -2.02. The molecule has 5 rings (SSSR count). The Balaban J connectivity index is 1.34. The van der Waals surface area contributed by atoms with Crippen LogP contribution >= 0.6 is 22.7 Å². The van der Waals surface area contributed by atoms with Crippen molar-refractivity contribution in [1.29, 1.82) is 0 Å². The van der Waals surface area contributed by atoms with Crippen LogP contribution in [0.2, 0.25) is 0 Å². The summed E-state index contributed by atoms with van der Waals surface area (Å²) in [5, 5.41) is 8.87. The number of furan rings is 1. The molecule has 2 amide bonds. The molecule has 10 heteroatoms. The second kappa shape index (κ2) is 8.10. The number of hydrogen-bond donors (Lipinski definition) is 2. The number of nitrogens with zero attached hydrogens (tertiary/aromatic N) is 3. The van der Waals surface area contributed by atoms with Crippen LogP contribution in [0.25, 0.3) is 21.7 Å². The summed E-state index contributed by atoms with van der Waals surface area (Å²) in [5.41, 5.74) is 2.45. The molecule has 1 fully saturated rings. The van der Waals surface area contributed by atoms with E-state index in [2.05, 4.69) is 20.6 Å². The molecule has 0 atom stereocenters. The number of fused-ring (bicyclic) bond motifs is 1. The van der Waals surface area contributed by atoms with Crippen molar-refractivity contribution in [3.8, 4) is 11.5 Å². The van der Waals surface area contributed by atoms with Gasteiger partial charge in [0.2, 0.25) is 5.91 Å². The Morgan fingerprint density at radius 2 is 2.00 bits per heavy atom. The minimum atomic E-state index is -0.204. The number of thiazole rings is 1. The third-order valence-electron chi connectivity index (χ3n) is 5.29. The van der Waals surface area contributed by atoms with E-state index in [4.69, 9.17) is 9.40 Å². The number of carbonyl (C=O) groups excluding carboxylic acids is 2. The molecular weight excluding hydrogens is 446 g/mol. The van der Waals surface area contributed by atoms with Crippen LogP contribution in [0.3, 0.4) is 0 Å². The van der Waals surface area contributed by atoms with Crippen molar-refractivity contribution < 1.29 is 14.0 Å². The summed E-state index contributed by atoms with van der Waals surface area (Å²) in [5.74, 6) is 2.25. The topological polar surface area (TPSA) is 110 Å². The van der Waals surface area contributed by atoms with Crippen LogP contribution in [0.1, 0.15) is 58.2 Å². The Morgan fingerprint density at radius 1 is 1.19 bits per heavy atom. The lowest BCUT2D eigenvalue weighted by atomic mass is 10.1. The fourth-order valence-corrected chi connectivity index (χ4v) is 5.35. The first-order chi connectivity index (χ1) is 15.4. The summed E-state index contributed by atoms with van der Waals surface area (Å²) in [6, 6.07) is 3.59. The summed E-state index contributed by atoms with van der Waals surface area (Å²) in [7, 11) is 0. The number of nitrogens with one attached hydrogen (secondary N) is 2. The summed E-state index contributed by atoms with van der Waals surface area (Å²) >= 11 is 2.73. The van der Waals surface area contributed by atoms with Gasteiger partial charge in [-0.1, -0.05) is 0 Å². The van der Waals surface area contributed by atoms with Gasteiger partial charge in [-0.25, -0.2) is 15.0 Å². The maximum Gasteiger partial charge on any atom is 0.267 e. The molecule has 0 bridgehead atoms. The van der Waals surface area contributed by atoms with Crippen LogP contribution in [0.15, 0.2) is 21.9 Å². The Hall–Kier alpha value is -3.11. The Bertz CT molecular complexity index is 1350. The van der Waals surface area contributed by atoms with Gasteiger partial charge in [0, 0.05) is 23.6 Å². The molecule has 0 aliphatic heterocycles. The zero-order valence-electron chi connectivity index (χ0n) is 17.8. The van der Waals surface area contributed by atoms with Gasteiger partial charge in [0.1, 0.15) is 22.1 Å². The lowest BCUT2D eigenvalue weighted by molar-refractivity contribution is -0.119. The van der Waals surface area contributed by atoms with Gasteiger partial charge in [-0.3, -0.25) is 14.9 Å². The molecule has 0 unspecified atom stereocenters. The summed E-state index contributed by atoms with van der Waals surface area (Å²) in [6.07, 6.45) is 2.28. The first-order valence-corrected chi connectivity index (χ1v) is 12.0. The van der Waals surface area contributed by atoms with Crippen molar-refractivity contribution in [2.75, 3.05) is 5.32 Å². The average Bonchev–Trinajstić information content (AvgIpc) is 3.15. The van der Waals surface area contributed by atoms with E-state index in [1.807, 2.05) is 19.2 Å². The number of aryl methyl sites for hydroxylation is 2. The highest BCUT2D eigenvalue weighted by atomic mass is 32.1. The number of hydrogen-bond acceptors (Lipinski definition) is 8. The molecule has 4 aromatic rings. The quantitative estimate of drug-likeness (QED) is 0.422. The van der Waals surface area contributed by atoms with Gasteiger partial charge in [0.25, 0.3) is 5.91 Å². The smallest absolute Gasteiger partial charge is 0.267 e. The van der Waals surface area contributed by atoms with E-state index in [1.165, 1.54) is 29.6 Å². The molecule has 1 saturated carbocycles. The van der Waals surface area contributed by atoms with E-state index in [-0.39, 0.29) is 11.8 Å². The Labute approximate surface area is 192 Å². The van der Waals surface area contributed by atoms with Crippen molar-refractivity contribution in [1.82, 2.24) is 20.3 Å². The number of anilines is 1. The van der Waals surface area contributed by atoms with Crippen molar-refractivity contribution >= 4 is 49.8 Å². The van der Waals surface area contributed by atoms with E-state index in [0.717, 1.165) is 40.1 Å². The van der Waals surface area contributed by atoms with Gasteiger partial charge < -0.3 is 9.73 Å². The first kappa shape index (κ1) is 20.8. The molecular formula is C22H21N5O3S2. The van der Waals surface area contributed by atoms with Crippen LogP contribution in [0, 0.1) is 13.8 Å². The molecule has 0 aromatic carbocycles. The fourth-order valence-electron chi connectivity index (χ4n) is 3.52. The monoisotopic (exact) mass is 467 g/mol. The molecule has 32 heavy (non-hydrogen) atoms. The third-order valence-corrected chi connectivity index (χ3v) is 7.23. The lowest BCUT2D eigenvalue weighted by Crippen LogP contribution is -2.18. The van der Waals surface area contributed by atoms with Crippen LogP contribution in [-0.4, -0.2) is 26.8 Å². The maximum atomic E-state index is 13.0. The van der Waals surface area contributed by atoms with Gasteiger partial charge >= 0.3 is 0 Å². The molecule has 2 N–H and O–H groups in total. The number of aromatic nitrogens is 3. The van der Waals surface area contributed by atoms with Crippen LogP contribution < -0.4 is 10.6 Å². The highest BCUT2D eigenvalue weighted by Gasteiger charge is 2.28. The number of thiophene rings is 1. The van der Waals surface area contributed by atoms with E-state index in [1.54, 1.807) is 12.1 Å². The zero-order valence-corrected chi connectivity index (χ0v) is 19.4. The first-order valence-electron chi connectivity index (χ1n) is 10.3. The average molecular weight is 468 g/mol. The molecule has 0 saturated heterocycles.